The third-order valence-corrected chi connectivity index (χ3v) is 5.76. The second-order valence-corrected chi connectivity index (χ2v) is 7.92. The van der Waals surface area contributed by atoms with Crippen molar-refractivity contribution in [3.05, 3.63) is 63.6 Å². The number of aliphatic imine (C=N–C) groups is 1. The zero-order valence-corrected chi connectivity index (χ0v) is 15.7. The molecule has 0 aromatic heterocycles. The van der Waals surface area contributed by atoms with Crippen molar-refractivity contribution < 1.29 is 17.9 Å². The largest absolute Gasteiger partial charge is 0.462 e. The summed E-state index contributed by atoms with van der Waals surface area (Å²) < 4.78 is 31.5. The molecule has 0 unspecified atom stereocenters. The predicted molar refractivity (Wildman–Crippen MR) is 99.5 cm³/mol. The van der Waals surface area contributed by atoms with Crippen LogP contribution in [0.2, 0.25) is 10.0 Å². The molecule has 0 amide bonds. The molecular weight excluding hydrogens is 399 g/mol. The van der Waals surface area contributed by atoms with Crippen LogP contribution in [0.5, 0.6) is 0 Å². The Bertz CT molecular complexity index is 990. The van der Waals surface area contributed by atoms with Crippen LogP contribution in [0.15, 0.2) is 52.4 Å². The van der Waals surface area contributed by atoms with E-state index >= 15 is 0 Å². The Morgan fingerprint density at radius 1 is 1.12 bits per heavy atom. The van der Waals surface area contributed by atoms with Crippen LogP contribution in [-0.2, 0) is 14.8 Å². The Hall–Kier alpha value is -2.09. The van der Waals surface area contributed by atoms with Crippen molar-refractivity contribution in [1.29, 1.82) is 0 Å². The molecule has 0 saturated heterocycles. The number of carbonyl (C=O) groups excluding carboxylic acids is 1. The number of ether oxygens (including phenoxy) is 1. The number of nitrogens with zero attached hydrogens (tertiary/aromatic N) is 1. The summed E-state index contributed by atoms with van der Waals surface area (Å²) in [7, 11) is -3.54. The number of sulfonamides is 1. The summed E-state index contributed by atoms with van der Waals surface area (Å²) >= 11 is 11.7. The molecule has 0 spiro atoms. The minimum atomic E-state index is -3.54. The normalized spacial score (nSPS) is 16.2. The Labute approximate surface area is 160 Å². The Kier molecular flexibility index (Phi) is 5.50. The Morgan fingerprint density at radius 2 is 1.88 bits per heavy atom. The molecule has 0 radical (unpaired) electrons. The van der Waals surface area contributed by atoms with Crippen LogP contribution < -0.4 is 4.72 Å². The van der Waals surface area contributed by atoms with Gasteiger partial charge in [0.05, 0.1) is 27.1 Å². The van der Waals surface area contributed by atoms with E-state index in [1.807, 2.05) is 0 Å². The van der Waals surface area contributed by atoms with Gasteiger partial charge in [-0.05, 0) is 30.3 Å². The van der Waals surface area contributed by atoms with Gasteiger partial charge in [-0.2, -0.15) is 0 Å². The Morgan fingerprint density at radius 3 is 2.65 bits per heavy atom. The van der Waals surface area contributed by atoms with Crippen molar-refractivity contribution >= 4 is 45.0 Å². The first-order valence-corrected chi connectivity index (χ1v) is 9.91. The second-order valence-electron chi connectivity index (χ2n) is 5.45. The van der Waals surface area contributed by atoms with Gasteiger partial charge in [0.2, 0.25) is 0 Å². The van der Waals surface area contributed by atoms with E-state index in [9.17, 15) is 13.2 Å². The molecule has 3 rings (SSSR count). The molecule has 1 N–H and O–H groups in total. The van der Waals surface area contributed by atoms with Gasteiger partial charge >= 0.3 is 5.97 Å². The predicted octanol–water partition coefficient (Wildman–Crippen LogP) is 3.28. The average Bonchev–Trinajstić information content (AvgIpc) is 2.88. The number of rotatable bonds is 5. The van der Waals surface area contributed by atoms with E-state index in [1.54, 1.807) is 18.2 Å². The van der Waals surface area contributed by atoms with Gasteiger partial charge in [-0.15, -0.1) is 0 Å². The van der Waals surface area contributed by atoms with Crippen LogP contribution in [-0.4, -0.2) is 33.4 Å². The molecule has 6 nitrogen and oxygen atoms in total. The smallest absolute Gasteiger partial charge is 0.338 e. The van der Waals surface area contributed by atoms with Gasteiger partial charge in [-0.25, -0.2) is 13.2 Å². The summed E-state index contributed by atoms with van der Waals surface area (Å²) in [6.45, 7) is 0.450. The fraction of sp³-hybridized carbons (Fsp3) is 0.176. The molecule has 0 aliphatic carbocycles. The highest BCUT2D eigenvalue weighted by Gasteiger charge is 2.29. The zero-order chi connectivity index (χ0) is 18.7. The highest BCUT2D eigenvalue weighted by atomic mass is 35.5. The van der Waals surface area contributed by atoms with E-state index < -0.39 is 16.0 Å². The average molecular weight is 413 g/mol. The van der Waals surface area contributed by atoms with Gasteiger partial charge in [0.15, 0.2) is 0 Å². The van der Waals surface area contributed by atoms with E-state index in [1.165, 1.54) is 24.3 Å². The minimum absolute atomic E-state index is 0.143. The van der Waals surface area contributed by atoms with Crippen LogP contribution in [0.25, 0.3) is 0 Å². The SMILES string of the molecule is O=C(OCCCN=C1NS(=O)(=O)c2ccccc21)c1ccc(Cl)c(Cl)c1. The number of hydrogen-bond acceptors (Lipinski definition) is 5. The van der Waals surface area contributed by atoms with Crippen molar-refractivity contribution in [3.8, 4) is 0 Å². The number of amidine groups is 1. The molecule has 2 aromatic rings. The molecular formula is C17H14Cl2N2O4S. The van der Waals surface area contributed by atoms with Gasteiger partial charge in [0, 0.05) is 18.5 Å². The van der Waals surface area contributed by atoms with Crippen molar-refractivity contribution in [2.75, 3.05) is 13.2 Å². The van der Waals surface area contributed by atoms with Crippen LogP contribution >= 0.6 is 23.2 Å². The van der Waals surface area contributed by atoms with Gasteiger partial charge in [-0.3, -0.25) is 9.71 Å². The highest BCUT2D eigenvalue weighted by molar-refractivity contribution is 7.90. The molecule has 1 heterocycles. The van der Waals surface area contributed by atoms with Crippen LogP contribution in [0, 0.1) is 0 Å². The molecule has 9 heteroatoms. The molecule has 1 aliphatic rings. The lowest BCUT2D eigenvalue weighted by atomic mass is 10.2. The van der Waals surface area contributed by atoms with Crippen molar-refractivity contribution in [3.63, 3.8) is 0 Å². The maximum atomic E-state index is 12.0. The zero-order valence-electron chi connectivity index (χ0n) is 13.4. The first-order chi connectivity index (χ1) is 12.4. The van der Waals surface area contributed by atoms with E-state index in [4.69, 9.17) is 27.9 Å². The summed E-state index contributed by atoms with van der Waals surface area (Å²) in [6, 6.07) is 11.1. The summed E-state index contributed by atoms with van der Waals surface area (Å²) in [6.07, 6.45) is 0.445. The topological polar surface area (TPSA) is 84.8 Å². The van der Waals surface area contributed by atoms with E-state index in [0.717, 1.165) is 0 Å². The maximum Gasteiger partial charge on any atom is 0.338 e. The molecule has 0 bridgehead atoms. The van der Waals surface area contributed by atoms with E-state index in [-0.39, 0.29) is 16.5 Å². The van der Waals surface area contributed by atoms with Gasteiger partial charge < -0.3 is 4.74 Å². The van der Waals surface area contributed by atoms with E-state index in [0.29, 0.717) is 35.0 Å². The molecule has 2 aromatic carbocycles. The summed E-state index contributed by atoms with van der Waals surface area (Å²) in [4.78, 5) is 16.4. The van der Waals surface area contributed by atoms with Gasteiger partial charge in [0.1, 0.15) is 5.84 Å². The van der Waals surface area contributed by atoms with Crippen LogP contribution in [0.1, 0.15) is 22.3 Å². The summed E-state index contributed by atoms with van der Waals surface area (Å²) in [5, 5.41) is 0.637. The van der Waals surface area contributed by atoms with Crippen LogP contribution in [0.4, 0.5) is 0 Å². The number of hydrogen-bond donors (Lipinski definition) is 1. The first kappa shape index (κ1) is 18.7. The highest BCUT2D eigenvalue weighted by Crippen LogP contribution is 2.23. The quantitative estimate of drug-likeness (QED) is 0.602. The fourth-order valence-electron chi connectivity index (χ4n) is 2.38. The third-order valence-electron chi connectivity index (χ3n) is 3.62. The Balaban J connectivity index is 1.54. The van der Waals surface area contributed by atoms with Crippen molar-refractivity contribution in [2.24, 2.45) is 4.99 Å². The number of nitrogens with one attached hydrogen (secondary N) is 1. The van der Waals surface area contributed by atoms with Gasteiger partial charge in [0.25, 0.3) is 10.0 Å². The second kappa shape index (κ2) is 7.65. The number of benzene rings is 2. The molecule has 0 saturated carbocycles. The maximum absolute atomic E-state index is 12.0. The fourth-order valence-corrected chi connectivity index (χ4v) is 3.93. The van der Waals surface area contributed by atoms with Crippen LogP contribution in [0.3, 0.4) is 0 Å². The van der Waals surface area contributed by atoms with Crippen molar-refractivity contribution in [1.82, 2.24) is 4.72 Å². The summed E-state index contributed by atoms with van der Waals surface area (Å²) in [5.41, 5.74) is 0.850. The monoisotopic (exact) mass is 412 g/mol. The number of esters is 1. The number of carbonyl (C=O) groups is 1. The molecule has 0 atom stereocenters. The molecule has 1 aliphatic heterocycles. The number of halogens is 2. The summed E-state index contributed by atoms with van der Waals surface area (Å²) in [5.74, 6) is -0.209. The lowest BCUT2D eigenvalue weighted by molar-refractivity contribution is 0.0503. The standard InChI is InChI=1S/C17H14Cl2N2O4S/c18-13-7-6-11(10-14(13)19)17(22)25-9-3-8-20-16-12-4-1-2-5-15(12)26(23,24)21-16/h1-2,4-7,10H,3,8-9H2,(H,20,21). The first-order valence-electron chi connectivity index (χ1n) is 7.67. The molecule has 0 fully saturated rings. The number of fused-ring (bicyclic) bond motifs is 1. The van der Waals surface area contributed by atoms with Gasteiger partial charge in [-0.1, -0.05) is 35.3 Å². The lowest BCUT2D eigenvalue weighted by Crippen LogP contribution is -2.22. The lowest BCUT2D eigenvalue weighted by Gasteiger charge is -2.05. The van der Waals surface area contributed by atoms with Crippen molar-refractivity contribution in [2.45, 2.75) is 11.3 Å². The third kappa shape index (κ3) is 4.00. The van der Waals surface area contributed by atoms with E-state index in [2.05, 4.69) is 9.71 Å². The molecule has 136 valence electrons. The minimum Gasteiger partial charge on any atom is -0.462 e. The molecule has 26 heavy (non-hydrogen) atoms.